The predicted molar refractivity (Wildman–Crippen MR) is 62.3 cm³/mol. The first-order valence-corrected chi connectivity index (χ1v) is 4.91. The van der Waals surface area contributed by atoms with Crippen LogP contribution in [-0.4, -0.2) is 17.1 Å². The van der Waals surface area contributed by atoms with Crippen LogP contribution in [0, 0.1) is 12.3 Å². The molecule has 0 aliphatic carbocycles. The van der Waals surface area contributed by atoms with Crippen LogP contribution in [0.1, 0.15) is 18.9 Å². The number of carbonyl (C=O) groups is 1. The number of hydrogen-bond acceptors (Lipinski definition) is 3. The molecule has 0 saturated carbocycles. The lowest BCUT2D eigenvalue weighted by Crippen LogP contribution is -2.12. The summed E-state index contributed by atoms with van der Waals surface area (Å²) in [6.07, 6.45) is 12.2. The third kappa shape index (κ3) is 4.43. The molecule has 0 N–H and O–H groups in total. The Balaban J connectivity index is 2.64. The van der Waals surface area contributed by atoms with Crippen LogP contribution >= 0.6 is 0 Å². The fourth-order valence-electron chi connectivity index (χ4n) is 1.17. The predicted octanol–water partition coefficient (Wildman–Crippen LogP) is 2.05. The van der Waals surface area contributed by atoms with Gasteiger partial charge in [0.2, 0.25) is 0 Å². The van der Waals surface area contributed by atoms with Gasteiger partial charge >= 0.3 is 5.97 Å². The van der Waals surface area contributed by atoms with Crippen molar-refractivity contribution in [1.82, 2.24) is 4.98 Å². The zero-order chi connectivity index (χ0) is 11.8. The van der Waals surface area contributed by atoms with Crippen LogP contribution in [0.15, 0.2) is 30.6 Å². The maximum absolute atomic E-state index is 10.8. The summed E-state index contributed by atoms with van der Waals surface area (Å²) in [4.78, 5) is 14.7. The molecule has 0 amide bonds. The van der Waals surface area contributed by atoms with Gasteiger partial charge in [-0.2, -0.15) is 0 Å². The first-order chi connectivity index (χ1) is 7.72. The fraction of sp³-hybridized carbons (Fsp3) is 0.231. The molecule has 3 nitrogen and oxygen atoms in total. The molecular formula is C13H13NO2. The van der Waals surface area contributed by atoms with E-state index in [0.717, 1.165) is 5.56 Å². The van der Waals surface area contributed by atoms with E-state index in [-0.39, 0.29) is 12.1 Å². The molecule has 1 unspecified atom stereocenters. The summed E-state index contributed by atoms with van der Waals surface area (Å²) in [5, 5.41) is 0. The van der Waals surface area contributed by atoms with E-state index in [9.17, 15) is 4.79 Å². The van der Waals surface area contributed by atoms with Gasteiger partial charge in [-0.3, -0.25) is 9.78 Å². The van der Waals surface area contributed by atoms with Gasteiger partial charge in [0.15, 0.2) is 0 Å². The van der Waals surface area contributed by atoms with E-state index < -0.39 is 0 Å². The molecule has 0 aromatic carbocycles. The van der Waals surface area contributed by atoms with Crippen LogP contribution in [0.4, 0.5) is 0 Å². The van der Waals surface area contributed by atoms with Crippen molar-refractivity contribution in [3.63, 3.8) is 0 Å². The molecule has 82 valence electrons. The van der Waals surface area contributed by atoms with Crippen molar-refractivity contribution >= 4 is 12.0 Å². The first kappa shape index (κ1) is 12.0. The van der Waals surface area contributed by atoms with Gasteiger partial charge in [-0.1, -0.05) is 6.08 Å². The van der Waals surface area contributed by atoms with E-state index in [2.05, 4.69) is 10.9 Å². The molecule has 0 aliphatic rings. The van der Waals surface area contributed by atoms with Crippen LogP contribution in [0.5, 0.6) is 0 Å². The van der Waals surface area contributed by atoms with Gasteiger partial charge in [0.05, 0.1) is 0 Å². The van der Waals surface area contributed by atoms with Crippen LogP contribution in [-0.2, 0) is 9.53 Å². The lowest BCUT2D eigenvalue weighted by atomic mass is 10.2. The van der Waals surface area contributed by atoms with Crippen molar-refractivity contribution in [2.24, 2.45) is 0 Å². The largest absolute Gasteiger partial charge is 0.457 e. The maximum atomic E-state index is 10.8. The number of rotatable bonds is 4. The third-order valence-corrected chi connectivity index (χ3v) is 1.85. The number of hydrogen-bond donors (Lipinski definition) is 0. The summed E-state index contributed by atoms with van der Waals surface area (Å²) < 4.78 is 5.03. The van der Waals surface area contributed by atoms with Gasteiger partial charge in [0, 0.05) is 25.7 Å². The van der Waals surface area contributed by atoms with Gasteiger partial charge < -0.3 is 4.74 Å². The maximum Gasteiger partial charge on any atom is 0.303 e. The van der Waals surface area contributed by atoms with E-state index in [0.29, 0.717) is 6.42 Å². The molecule has 1 aromatic rings. The van der Waals surface area contributed by atoms with Gasteiger partial charge in [-0.25, -0.2) is 0 Å². The Morgan fingerprint density at radius 1 is 1.62 bits per heavy atom. The Morgan fingerprint density at radius 2 is 2.31 bits per heavy atom. The summed E-state index contributed by atoms with van der Waals surface area (Å²) in [5.41, 5.74) is 0.990. The number of aromatic nitrogens is 1. The Hall–Kier alpha value is -2.08. The van der Waals surface area contributed by atoms with E-state index >= 15 is 0 Å². The van der Waals surface area contributed by atoms with Crippen LogP contribution in [0.2, 0.25) is 0 Å². The van der Waals surface area contributed by atoms with E-state index in [1.54, 1.807) is 18.5 Å². The molecule has 1 atom stereocenters. The van der Waals surface area contributed by atoms with E-state index in [1.807, 2.05) is 18.2 Å². The quantitative estimate of drug-likeness (QED) is 0.570. The average Bonchev–Trinajstić information content (AvgIpc) is 2.27. The normalized spacial score (nSPS) is 12.0. The Morgan fingerprint density at radius 3 is 2.88 bits per heavy atom. The van der Waals surface area contributed by atoms with Gasteiger partial charge in [0.25, 0.3) is 0 Å². The van der Waals surface area contributed by atoms with Gasteiger partial charge in [-0.05, 0) is 23.8 Å². The molecule has 1 aromatic heterocycles. The Labute approximate surface area is 95.2 Å². The summed E-state index contributed by atoms with van der Waals surface area (Å²) in [6.45, 7) is 1.36. The van der Waals surface area contributed by atoms with E-state index in [4.69, 9.17) is 11.2 Å². The van der Waals surface area contributed by atoms with Crippen LogP contribution < -0.4 is 0 Å². The first-order valence-electron chi connectivity index (χ1n) is 4.91. The van der Waals surface area contributed by atoms with Crippen LogP contribution in [0.25, 0.3) is 6.08 Å². The molecule has 3 heteroatoms. The molecule has 0 aliphatic heterocycles. The smallest absolute Gasteiger partial charge is 0.303 e. The minimum Gasteiger partial charge on any atom is -0.457 e. The molecule has 16 heavy (non-hydrogen) atoms. The summed E-state index contributed by atoms with van der Waals surface area (Å²) in [6, 6.07) is 3.72. The zero-order valence-corrected chi connectivity index (χ0v) is 9.09. The molecule has 1 heterocycles. The monoisotopic (exact) mass is 215 g/mol. The number of carbonyl (C=O) groups excluding carboxylic acids is 1. The highest BCUT2D eigenvalue weighted by molar-refractivity contribution is 5.66. The highest BCUT2D eigenvalue weighted by atomic mass is 16.5. The van der Waals surface area contributed by atoms with E-state index in [1.165, 1.54) is 6.92 Å². The fourth-order valence-corrected chi connectivity index (χ4v) is 1.17. The average molecular weight is 215 g/mol. The molecule has 0 radical (unpaired) electrons. The second-order valence-corrected chi connectivity index (χ2v) is 3.20. The lowest BCUT2D eigenvalue weighted by molar-refractivity contribution is -0.143. The molecule has 0 bridgehead atoms. The molecule has 0 fully saturated rings. The minimum absolute atomic E-state index is 0.334. The number of ether oxygens (including phenoxy) is 1. The van der Waals surface area contributed by atoms with Crippen LogP contribution in [0.3, 0.4) is 0 Å². The van der Waals surface area contributed by atoms with Crippen molar-refractivity contribution in [1.29, 1.82) is 0 Å². The van der Waals surface area contributed by atoms with Crippen molar-refractivity contribution in [3.8, 4) is 12.3 Å². The summed E-state index contributed by atoms with van der Waals surface area (Å²) >= 11 is 0. The number of pyridine rings is 1. The third-order valence-electron chi connectivity index (χ3n) is 1.85. The topological polar surface area (TPSA) is 39.2 Å². The lowest BCUT2D eigenvalue weighted by Gasteiger charge is -2.09. The van der Waals surface area contributed by atoms with Crippen molar-refractivity contribution in [2.75, 3.05) is 0 Å². The second kappa shape index (κ2) is 6.41. The number of nitrogens with zero attached hydrogens (tertiary/aromatic N) is 1. The number of esters is 1. The summed E-state index contributed by atoms with van der Waals surface area (Å²) in [5.74, 6) is 2.13. The SMILES string of the molecule is C#CCC(C=Cc1ccncc1)OC(C)=O. The summed E-state index contributed by atoms with van der Waals surface area (Å²) in [7, 11) is 0. The van der Waals surface area contributed by atoms with Gasteiger partial charge in [0.1, 0.15) is 6.10 Å². The molecular weight excluding hydrogens is 202 g/mol. The van der Waals surface area contributed by atoms with Crippen molar-refractivity contribution < 1.29 is 9.53 Å². The van der Waals surface area contributed by atoms with Gasteiger partial charge in [-0.15, -0.1) is 12.3 Å². The zero-order valence-electron chi connectivity index (χ0n) is 9.09. The molecule has 0 saturated heterocycles. The second-order valence-electron chi connectivity index (χ2n) is 3.20. The highest BCUT2D eigenvalue weighted by Gasteiger charge is 2.05. The number of terminal acetylenes is 1. The standard InChI is InChI=1S/C13H13NO2/c1-3-4-13(16-11(2)15)6-5-12-7-9-14-10-8-12/h1,5-10,13H,4H2,2H3. The minimum atomic E-state index is -0.365. The molecule has 1 rings (SSSR count). The Kier molecular flexibility index (Phi) is 4.81. The Bertz CT molecular complexity index is 404. The van der Waals surface area contributed by atoms with Crippen molar-refractivity contribution in [3.05, 3.63) is 36.2 Å². The highest BCUT2D eigenvalue weighted by Crippen LogP contribution is 2.05. The van der Waals surface area contributed by atoms with Crippen molar-refractivity contribution in [2.45, 2.75) is 19.4 Å². The molecule has 0 spiro atoms.